The fourth-order valence-corrected chi connectivity index (χ4v) is 3.50. The first-order chi connectivity index (χ1) is 13.3. The van der Waals surface area contributed by atoms with Crippen molar-refractivity contribution in [2.75, 3.05) is 5.75 Å². The summed E-state index contributed by atoms with van der Waals surface area (Å²) in [5.74, 6) is 1.19. The van der Waals surface area contributed by atoms with E-state index in [1.165, 1.54) is 10.8 Å². The number of pyridine rings is 1. The molecule has 0 saturated carbocycles. The van der Waals surface area contributed by atoms with Gasteiger partial charge in [-0.2, -0.15) is 0 Å². The number of carbonyl (C=O) groups excluding carboxylic acids is 1. The molecule has 2 heterocycles. The predicted molar refractivity (Wildman–Crippen MR) is 108 cm³/mol. The maximum Gasteiger partial charge on any atom is 0.230 e. The quantitative estimate of drug-likeness (QED) is 0.521. The fourth-order valence-electron chi connectivity index (χ4n) is 2.73. The molecule has 0 aliphatic heterocycles. The van der Waals surface area contributed by atoms with Crippen LogP contribution in [-0.2, 0) is 11.3 Å². The van der Waals surface area contributed by atoms with Crippen molar-refractivity contribution >= 4 is 28.4 Å². The molecule has 4 rings (SSSR count). The van der Waals surface area contributed by atoms with E-state index in [0.717, 1.165) is 16.3 Å². The van der Waals surface area contributed by atoms with Crippen LogP contribution in [0.15, 0.2) is 84.4 Å². The molecule has 27 heavy (non-hydrogen) atoms. The lowest BCUT2D eigenvalue weighted by Crippen LogP contribution is -2.24. The van der Waals surface area contributed by atoms with E-state index in [1.54, 1.807) is 30.5 Å². The maximum absolute atomic E-state index is 12.1. The molecule has 1 amide bonds. The number of aromatic nitrogens is 3. The largest absolute Gasteiger partial charge is 0.351 e. The second-order valence-electron chi connectivity index (χ2n) is 6.07. The van der Waals surface area contributed by atoms with E-state index in [1.807, 2.05) is 35.0 Å². The van der Waals surface area contributed by atoms with Crippen molar-refractivity contribution in [3.8, 4) is 5.82 Å². The zero-order valence-electron chi connectivity index (χ0n) is 14.6. The summed E-state index contributed by atoms with van der Waals surface area (Å²) < 4.78 is 1.84. The number of hydrogen-bond acceptors (Lipinski definition) is 4. The van der Waals surface area contributed by atoms with Crippen molar-refractivity contribution in [2.24, 2.45) is 0 Å². The molecule has 0 saturated heterocycles. The van der Waals surface area contributed by atoms with Crippen LogP contribution in [0.25, 0.3) is 16.6 Å². The smallest absolute Gasteiger partial charge is 0.230 e. The van der Waals surface area contributed by atoms with E-state index in [4.69, 9.17) is 0 Å². The van der Waals surface area contributed by atoms with Crippen LogP contribution in [0, 0.1) is 0 Å². The Morgan fingerprint density at radius 3 is 2.74 bits per heavy atom. The molecule has 0 fully saturated rings. The third kappa shape index (κ3) is 4.35. The maximum atomic E-state index is 12.1. The first-order valence-electron chi connectivity index (χ1n) is 8.59. The van der Waals surface area contributed by atoms with Gasteiger partial charge in [-0.15, -0.1) is 11.8 Å². The third-order valence-corrected chi connectivity index (χ3v) is 5.15. The lowest BCUT2D eigenvalue weighted by Gasteiger charge is -2.07. The van der Waals surface area contributed by atoms with E-state index in [2.05, 4.69) is 45.6 Å². The number of hydrogen-bond donors (Lipinski definition) is 1. The number of amides is 1. The van der Waals surface area contributed by atoms with Crippen molar-refractivity contribution in [2.45, 2.75) is 11.4 Å². The lowest BCUT2D eigenvalue weighted by atomic mass is 10.1. The Morgan fingerprint density at radius 1 is 1.07 bits per heavy atom. The molecule has 0 atom stereocenters. The van der Waals surface area contributed by atoms with E-state index in [9.17, 15) is 4.79 Å². The van der Waals surface area contributed by atoms with E-state index in [-0.39, 0.29) is 5.91 Å². The minimum Gasteiger partial charge on any atom is -0.351 e. The standard InChI is InChI=1S/C21H18N4OS/c26-21(14-27-19-7-6-17-3-1-2-4-18(17)11-19)24-13-16-5-8-20(23-12-16)25-10-9-22-15-25/h1-12,15H,13-14H2,(H,24,26). The molecule has 0 bridgehead atoms. The van der Waals surface area contributed by atoms with Gasteiger partial charge in [-0.05, 0) is 34.5 Å². The Hall–Kier alpha value is -3.12. The summed E-state index contributed by atoms with van der Waals surface area (Å²) in [6, 6.07) is 18.3. The number of imidazole rings is 1. The molecule has 0 aliphatic rings. The number of carbonyl (C=O) groups is 1. The highest BCUT2D eigenvalue weighted by molar-refractivity contribution is 8.00. The third-order valence-electron chi connectivity index (χ3n) is 4.16. The molecule has 6 heteroatoms. The molecule has 4 aromatic rings. The number of benzene rings is 2. The minimum atomic E-state index is 0.00634. The predicted octanol–water partition coefficient (Wildman–Crippen LogP) is 3.83. The summed E-state index contributed by atoms with van der Waals surface area (Å²) in [4.78, 5) is 21.6. The second kappa shape index (κ2) is 8.05. The van der Waals surface area contributed by atoms with Crippen LogP contribution in [0.2, 0.25) is 0 Å². The number of nitrogens with zero attached hydrogens (tertiary/aromatic N) is 3. The van der Waals surface area contributed by atoms with Gasteiger partial charge in [0, 0.05) is 30.0 Å². The van der Waals surface area contributed by atoms with Gasteiger partial charge in [0.2, 0.25) is 5.91 Å². The summed E-state index contributed by atoms with van der Waals surface area (Å²) in [6.07, 6.45) is 7.02. The van der Waals surface area contributed by atoms with Crippen LogP contribution in [0.5, 0.6) is 0 Å². The Labute approximate surface area is 161 Å². The lowest BCUT2D eigenvalue weighted by molar-refractivity contribution is -0.118. The molecule has 134 valence electrons. The Kier molecular flexibility index (Phi) is 5.16. The van der Waals surface area contributed by atoms with Gasteiger partial charge >= 0.3 is 0 Å². The molecule has 0 radical (unpaired) electrons. The SMILES string of the molecule is O=C(CSc1ccc2ccccc2c1)NCc1ccc(-n2ccnc2)nc1. The van der Waals surface area contributed by atoms with E-state index >= 15 is 0 Å². The fraction of sp³-hybridized carbons (Fsp3) is 0.0952. The molecule has 1 N–H and O–H groups in total. The summed E-state index contributed by atoms with van der Waals surface area (Å²) in [5.41, 5.74) is 0.961. The van der Waals surface area contributed by atoms with Crippen LogP contribution < -0.4 is 5.32 Å². The summed E-state index contributed by atoms with van der Waals surface area (Å²) in [6.45, 7) is 0.467. The van der Waals surface area contributed by atoms with Crippen LogP contribution >= 0.6 is 11.8 Å². The van der Waals surface area contributed by atoms with Crippen molar-refractivity contribution in [3.05, 3.63) is 85.1 Å². The van der Waals surface area contributed by atoms with Gasteiger partial charge in [-0.1, -0.05) is 36.4 Å². The first kappa shape index (κ1) is 17.3. The topological polar surface area (TPSA) is 59.8 Å². The highest BCUT2D eigenvalue weighted by atomic mass is 32.2. The van der Waals surface area contributed by atoms with Crippen LogP contribution in [0.3, 0.4) is 0 Å². The van der Waals surface area contributed by atoms with Crippen LogP contribution in [0.1, 0.15) is 5.56 Å². The van der Waals surface area contributed by atoms with Crippen LogP contribution in [-0.4, -0.2) is 26.2 Å². The molecule has 0 spiro atoms. The number of nitrogens with one attached hydrogen (secondary N) is 1. The normalized spacial score (nSPS) is 10.8. The summed E-state index contributed by atoms with van der Waals surface area (Å²) in [5, 5.41) is 5.34. The monoisotopic (exact) mass is 374 g/mol. The van der Waals surface area contributed by atoms with Crippen molar-refractivity contribution in [1.82, 2.24) is 19.9 Å². The number of rotatable bonds is 6. The zero-order chi connectivity index (χ0) is 18.5. The molecular formula is C21H18N4OS. The van der Waals surface area contributed by atoms with E-state index < -0.39 is 0 Å². The molecule has 0 unspecified atom stereocenters. The minimum absolute atomic E-state index is 0.00634. The Morgan fingerprint density at radius 2 is 1.96 bits per heavy atom. The average molecular weight is 374 g/mol. The van der Waals surface area contributed by atoms with Crippen molar-refractivity contribution in [1.29, 1.82) is 0 Å². The van der Waals surface area contributed by atoms with Gasteiger partial charge in [-0.25, -0.2) is 9.97 Å². The highest BCUT2D eigenvalue weighted by Crippen LogP contribution is 2.23. The average Bonchev–Trinajstić information content (AvgIpc) is 3.26. The van der Waals surface area contributed by atoms with Gasteiger partial charge in [0.1, 0.15) is 12.1 Å². The number of thioether (sulfide) groups is 1. The summed E-state index contributed by atoms with van der Waals surface area (Å²) >= 11 is 1.54. The molecule has 2 aromatic heterocycles. The van der Waals surface area contributed by atoms with E-state index in [0.29, 0.717) is 12.3 Å². The number of fused-ring (bicyclic) bond motifs is 1. The second-order valence-corrected chi connectivity index (χ2v) is 7.12. The van der Waals surface area contributed by atoms with Crippen molar-refractivity contribution < 1.29 is 4.79 Å². The summed E-state index contributed by atoms with van der Waals surface area (Å²) in [7, 11) is 0. The molecule has 2 aromatic carbocycles. The molecule has 0 aliphatic carbocycles. The van der Waals surface area contributed by atoms with Crippen molar-refractivity contribution in [3.63, 3.8) is 0 Å². The molecule has 5 nitrogen and oxygen atoms in total. The first-order valence-corrected chi connectivity index (χ1v) is 9.58. The van der Waals surface area contributed by atoms with Gasteiger partial charge < -0.3 is 5.32 Å². The Bertz CT molecular complexity index is 1050. The molecular weight excluding hydrogens is 356 g/mol. The zero-order valence-corrected chi connectivity index (χ0v) is 15.4. The van der Waals surface area contributed by atoms with Crippen LogP contribution in [0.4, 0.5) is 0 Å². The Balaban J connectivity index is 1.29. The van der Waals surface area contributed by atoms with Gasteiger partial charge in [0.05, 0.1) is 5.75 Å². The van der Waals surface area contributed by atoms with Gasteiger partial charge in [-0.3, -0.25) is 9.36 Å². The van der Waals surface area contributed by atoms with Gasteiger partial charge in [0.15, 0.2) is 0 Å². The highest BCUT2D eigenvalue weighted by Gasteiger charge is 2.05. The van der Waals surface area contributed by atoms with Gasteiger partial charge in [0.25, 0.3) is 0 Å².